The van der Waals surface area contributed by atoms with Crippen LogP contribution in [-0.4, -0.2) is 29.9 Å². The number of nitrogens with one attached hydrogen (secondary N) is 2. The zero-order chi connectivity index (χ0) is 20.3. The molecule has 0 bridgehead atoms. The quantitative estimate of drug-likeness (QED) is 0.703. The Kier molecular flexibility index (Phi) is 6.37. The summed E-state index contributed by atoms with van der Waals surface area (Å²) >= 11 is 5.34. The van der Waals surface area contributed by atoms with Gasteiger partial charge in [-0.25, -0.2) is 8.42 Å². The molecule has 3 rings (SSSR count). The Morgan fingerprint density at radius 3 is 1.89 bits per heavy atom. The number of aryl methyl sites for hydroxylation is 1. The normalized spacial score (nSPS) is 20.5. The van der Waals surface area contributed by atoms with Gasteiger partial charge >= 0.3 is 0 Å². The lowest BCUT2D eigenvalue weighted by molar-refractivity contribution is 0.204. The summed E-state index contributed by atoms with van der Waals surface area (Å²) in [5.41, 5.74) is 2.82. The topological polar surface area (TPSA) is 61.4 Å². The van der Waals surface area contributed by atoms with Gasteiger partial charge in [0.2, 0.25) is 10.0 Å². The smallest absolute Gasteiger partial charge is 0.243 e. The molecule has 1 fully saturated rings. The predicted octanol–water partition coefficient (Wildman–Crippen LogP) is 4.76. The molecule has 1 aliphatic rings. The number of nitrogens with zero attached hydrogens (tertiary/aromatic N) is 1. The lowest BCUT2D eigenvalue weighted by Crippen LogP contribution is -2.47. The van der Waals surface area contributed by atoms with E-state index in [0.29, 0.717) is 10.0 Å². The van der Waals surface area contributed by atoms with Crippen LogP contribution in [0, 0.1) is 6.92 Å². The van der Waals surface area contributed by atoms with Crippen LogP contribution in [0.4, 0.5) is 11.4 Å². The summed E-state index contributed by atoms with van der Waals surface area (Å²) in [7, 11) is -3.50. The van der Waals surface area contributed by atoms with E-state index >= 15 is 0 Å². The van der Waals surface area contributed by atoms with Crippen molar-refractivity contribution in [3.63, 3.8) is 0 Å². The Morgan fingerprint density at radius 1 is 0.929 bits per heavy atom. The molecule has 1 heterocycles. The lowest BCUT2D eigenvalue weighted by atomic mass is 10.0. The fourth-order valence-electron chi connectivity index (χ4n) is 3.63. The summed E-state index contributed by atoms with van der Waals surface area (Å²) in [5, 5.41) is 6.67. The van der Waals surface area contributed by atoms with E-state index in [1.54, 1.807) is 28.6 Å². The van der Waals surface area contributed by atoms with E-state index in [0.717, 1.165) is 30.6 Å². The number of hydrogen-bond acceptors (Lipinski definition) is 3. The standard InChI is InChI=1S/C21H27N3O2S2/c1-15-7-9-18(10-8-15)22-21(27)23-19-11-13-20(14-12-19)28(25,26)24-16(2)5-4-6-17(24)3/h7-14,16-17H,4-6H2,1-3H3,(H2,22,23,27). The molecule has 0 aliphatic carbocycles. The summed E-state index contributed by atoms with van der Waals surface area (Å²) in [6.07, 6.45) is 2.88. The first kappa shape index (κ1) is 20.8. The molecule has 2 unspecified atom stereocenters. The molecule has 0 aromatic heterocycles. The molecular formula is C21H27N3O2S2. The van der Waals surface area contributed by atoms with Gasteiger partial charge in [-0.1, -0.05) is 24.1 Å². The minimum atomic E-state index is -3.50. The van der Waals surface area contributed by atoms with E-state index in [-0.39, 0.29) is 12.1 Å². The molecule has 0 radical (unpaired) electrons. The van der Waals surface area contributed by atoms with Crippen molar-refractivity contribution in [2.75, 3.05) is 10.6 Å². The van der Waals surface area contributed by atoms with Crippen LogP contribution >= 0.6 is 12.2 Å². The van der Waals surface area contributed by atoms with Crippen molar-refractivity contribution in [2.24, 2.45) is 0 Å². The molecule has 5 nitrogen and oxygen atoms in total. The highest BCUT2D eigenvalue weighted by molar-refractivity contribution is 7.89. The number of sulfonamides is 1. The Balaban J connectivity index is 1.68. The number of hydrogen-bond donors (Lipinski definition) is 2. The van der Waals surface area contributed by atoms with E-state index in [9.17, 15) is 8.42 Å². The zero-order valence-electron chi connectivity index (χ0n) is 16.5. The molecule has 0 amide bonds. The van der Waals surface area contributed by atoms with E-state index in [4.69, 9.17) is 12.2 Å². The molecule has 0 spiro atoms. The molecule has 1 aliphatic heterocycles. The van der Waals surface area contributed by atoms with Crippen molar-refractivity contribution in [3.05, 3.63) is 54.1 Å². The van der Waals surface area contributed by atoms with Gasteiger partial charge in [0.15, 0.2) is 5.11 Å². The maximum absolute atomic E-state index is 13.1. The molecule has 2 N–H and O–H groups in total. The summed E-state index contributed by atoms with van der Waals surface area (Å²) in [5.74, 6) is 0. The fraction of sp³-hybridized carbons (Fsp3) is 0.381. The van der Waals surface area contributed by atoms with Gasteiger partial charge in [-0.3, -0.25) is 0 Å². The number of piperidine rings is 1. The number of thiocarbonyl (C=S) groups is 1. The second-order valence-corrected chi connectivity index (χ2v) is 9.68. The molecule has 2 aromatic carbocycles. The summed E-state index contributed by atoms with van der Waals surface area (Å²) < 4.78 is 27.8. The first-order valence-electron chi connectivity index (χ1n) is 9.55. The van der Waals surface area contributed by atoms with Crippen LogP contribution in [-0.2, 0) is 10.0 Å². The minimum absolute atomic E-state index is 0.0258. The average molecular weight is 418 g/mol. The monoisotopic (exact) mass is 417 g/mol. The highest BCUT2D eigenvalue weighted by atomic mass is 32.2. The van der Waals surface area contributed by atoms with E-state index in [2.05, 4.69) is 10.6 Å². The van der Waals surface area contributed by atoms with E-state index in [1.807, 2.05) is 45.0 Å². The van der Waals surface area contributed by atoms with Crippen molar-refractivity contribution in [2.45, 2.75) is 57.0 Å². The van der Waals surface area contributed by atoms with Crippen LogP contribution in [0.3, 0.4) is 0 Å². The van der Waals surface area contributed by atoms with Gasteiger partial charge in [-0.2, -0.15) is 4.31 Å². The molecule has 2 atom stereocenters. The third-order valence-electron chi connectivity index (χ3n) is 5.11. The van der Waals surface area contributed by atoms with Gasteiger partial charge in [-0.05, 0) is 82.2 Å². The van der Waals surface area contributed by atoms with Crippen molar-refractivity contribution in [3.8, 4) is 0 Å². The van der Waals surface area contributed by atoms with Crippen LogP contribution in [0.25, 0.3) is 0 Å². The molecule has 7 heteroatoms. The third-order valence-corrected chi connectivity index (χ3v) is 7.46. The number of anilines is 2. The molecule has 2 aromatic rings. The lowest BCUT2D eigenvalue weighted by Gasteiger charge is -2.37. The highest BCUT2D eigenvalue weighted by Crippen LogP contribution is 2.30. The number of rotatable bonds is 4. The van der Waals surface area contributed by atoms with Gasteiger partial charge < -0.3 is 10.6 Å². The minimum Gasteiger partial charge on any atom is -0.332 e. The van der Waals surface area contributed by atoms with Crippen molar-refractivity contribution in [1.29, 1.82) is 0 Å². The van der Waals surface area contributed by atoms with Crippen LogP contribution < -0.4 is 10.6 Å². The van der Waals surface area contributed by atoms with E-state index < -0.39 is 10.0 Å². The summed E-state index contributed by atoms with van der Waals surface area (Å²) in [4.78, 5) is 0.316. The van der Waals surface area contributed by atoms with Gasteiger partial charge in [0.1, 0.15) is 0 Å². The van der Waals surface area contributed by atoms with Gasteiger partial charge in [0.25, 0.3) is 0 Å². The largest absolute Gasteiger partial charge is 0.332 e. The van der Waals surface area contributed by atoms with Gasteiger partial charge in [-0.15, -0.1) is 0 Å². The third kappa shape index (κ3) is 4.71. The molecule has 150 valence electrons. The van der Waals surface area contributed by atoms with E-state index in [1.165, 1.54) is 5.56 Å². The van der Waals surface area contributed by atoms with Crippen molar-refractivity contribution < 1.29 is 8.42 Å². The highest BCUT2D eigenvalue weighted by Gasteiger charge is 2.35. The Labute approximate surface area is 173 Å². The van der Waals surface area contributed by atoms with Crippen LogP contribution in [0.5, 0.6) is 0 Å². The summed E-state index contributed by atoms with van der Waals surface area (Å²) in [6, 6.07) is 14.8. The second-order valence-electron chi connectivity index (χ2n) is 7.43. The Hall–Kier alpha value is -1.96. The van der Waals surface area contributed by atoms with Crippen molar-refractivity contribution in [1.82, 2.24) is 4.31 Å². The van der Waals surface area contributed by atoms with Crippen molar-refractivity contribution >= 4 is 38.7 Å². The Morgan fingerprint density at radius 2 is 1.39 bits per heavy atom. The number of benzene rings is 2. The fourth-order valence-corrected chi connectivity index (χ4v) is 5.75. The molecular weight excluding hydrogens is 390 g/mol. The first-order valence-corrected chi connectivity index (χ1v) is 11.4. The second kappa shape index (κ2) is 8.59. The summed E-state index contributed by atoms with van der Waals surface area (Å²) in [6.45, 7) is 6.00. The molecule has 0 saturated carbocycles. The van der Waals surface area contributed by atoms with Gasteiger partial charge in [0, 0.05) is 23.5 Å². The van der Waals surface area contributed by atoms with Gasteiger partial charge in [0.05, 0.1) is 4.90 Å². The van der Waals surface area contributed by atoms with Crippen LogP contribution in [0.15, 0.2) is 53.4 Å². The molecule has 28 heavy (non-hydrogen) atoms. The molecule has 1 saturated heterocycles. The van der Waals surface area contributed by atoms with Crippen LogP contribution in [0.2, 0.25) is 0 Å². The Bertz CT molecular complexity index is 915. The SMILES string of the molecule is Cc1ccc(NC(=S)Nc2ccc(S(=O)(=O)N3C(C)CCCC3C)cc2)cc1. The zero-order valence-corrected chi connectivity index (χ0v) is 18.1. The maximum Gasteiger partial charge on any atom is 0.243 e. The van der Waals surface area contributed by atoms with Crippen LogP contribution in [0.1, 0.15) is 38.7 Å². The maximum atomic E-state index is 13.1. The predicted molar refractivity (Wildman–Crippen MR) is 119 cm³/mol. The average Bonchev–Trinajstić information content (AvgIpc) is 2.64. The first-order chi connectivity index (χ1) is 13.3.